The van der Waals surface area contributed by atoms with Gasteiger partial charge in [-0.1, -0.05) is 66.7 Å². The van der Waals surface area contributed by atoms with E-state index >= 15 is 4.79 Å². The normalized spacial score (nSPS) is 17.9. The third kappa shape index (κ3) is 31.3. The van der Waals surface area contributed by atoms with Gasteiger partial charge in [0.1, 0.15) is 55.5 Å². The molecule has 6 aromatic rings. The van der Waals surface area contributed by atoms with Gasteiger partial charge in [0.2, 0.25) is 41.4 Å². The SMILES string of the molecule is C[C@@H](NC(=O)c1ccncc1)C(=O)N1CCC[C@H]1C(=O)Nc1ccc(COC(=O)N(C(=O)N(C(=O)OCc2ccc(NC(=O)[C@@H]3CCCN3C(=O)[C@@H](C)NC(=O)c3ccncc3)cc2)[C@@H](CCC(=O)O)C(=O)O)[C@@H](CCCCNC(=O)[C@H](Cc2ccc3ccccc3c2)NC(=O)[C@H]2CC[C@H](CNC(=O)CN3CCN(CC(=O)O)CCN(CC(=O)O)CCN(CC(=O)O)CC3)CC2)C(=O)O)cc1. The van der Waals surface area contributed by atoms with Crippen LogP contribution in [0.1, 0.15) is 135 Å². The number of likely N-dealkylation sites (tertiary alicyclic amines) is 2. The Morgan fingerprint density at radius 2 is 0.868 bits per heavy atom. The third-order valence-electron chi connectivity index (χ3n) is 24.1. The van der Waals surface area contributed by atoms with E-state index in [1.54, 1.807) is 25.7 Å². The Morgan fingerprint density at radius 1 is 0.441 bits per heavy atom. The molecule has 0 bridgehead atoms. The molecule has 43 heteroatoms. The molecule has 136 heavy (non-hydrogen) atoms. The average Bonchev–Trinajstić information content (AvgIpc) is 1.13. The van der Waals surface area contributed by atoms with Crippen molar-refractivity contribution in [2.75, 3.05) is 115 Å². The van der Waals surface area contributed by atoms with Gasteiger partial charge in [-0.15, -0.1) is 0 Å². The number of aromatic nitrogens is 2. The molecule has 1 aliphatic carbocycles. The molecular weight excluding hydrogens is 1770 g/mol. The monoisotopic (exact) mass is 1890 g/mol. The lowest BCUT2D eigenvalue weighted by molar-refractivity contribution is -0.144. The highest BCUT2D eigenvalue weighted by Crippen LogP contribution is 2.31. The molecule has 43 nitrogen and oxygen atoms in total. The number of imide groups is 2. The van der Waals surface area contributed by atoms with Crippen LogP contribution in [0.4, 0.5) is 25.8 Å². The van der Waals surface area contributed by atoms with Crippen molar-refractivity contribution in [1.29, 1.82) is 0 Å². The number of nitrogens with zero attached hydrogens (tertiary/aromatic N) is 10. The molecule has 4 fully saturated rings. The topological polar surface area (TPSA) is 583 Å². The van der Waals surface area contributed by atoms with Gasteiger partial charge in [-0.05, 0) is 173 Å². The number of unbranched alkanes of at least 4 members (excludes halogenated alkanes) is 1. The molecule has 0 spiro atoms. The molecule has 13 amide bonds. The Morgan fingerprint density at radius 3 is 1.30 bits per heavy atom. The van der Waals surface area contributed by atoms with Crippen molar-refractivity contribution in [2.45, 2.75) is 159 Å². The number of amides is 13. The molecule has 2 aromatic heterocycles. The summed E-state index contributed by atoms with van der Waals surface area (Å²) in [6.45, 7) is 2.42. The molecule has 7 atom stereocenters. The maximum absolute atomic E-state index is 15.4. The molecule has 0 radical (unpaired) electrons. The molecule has 5 heterocycles. The van der Waals surface area contributed by atoms with Crippen LogP contribution in [0.3, 0.4) is 0 Å². The quantitative estimate of drug-likeness (QED) is 0.0241. The van der Waals surface area contributed by atoms with Crippen LogP contribution >= 0.6 is 0 Å². The number of carbonyl (C=O) groups excluding carboxylic acids is 12. The number of urea groups is 1. The van der Waals surface area contributed by atoms with Crippen molar-refractivity contribution in [2.24, 2.45) is 11.8 Å². The Balaban J connectivity index is 0.811. The van der Waals surface area contributed by atoms with Crippen LogP contribution in [0.5, 0.6) is 0 Å². The number of carboxylic acid groups (broad SMARTS) is 6. The minimum atomic E-state index is -2.48. The summed E-state index contributed by atoms with van der Waals surface area (Å²) >= 11 is 0. The molecule has 4 aliphatic rings. The van der Waals surface area contributed by atoms with Crippen LogP contribution in [-0.2, 0) is 91.4 Å². The van der Waals surface area contributed by atoms with Gasteiger partial charge >= 0.3 is 54.0 Å². The number of anilines is 2. The summed E-state index contributed by atoms with van der Waals surface area (Å²) in [6, 6.07) is 18.0. The van der Waals surface area contributed by atoms with Gasteiger partial charge in [0.15, 0.2) is 0 Å². The molecule has 3 aliphatic heterocycles. The minimum absolute atomic E-state index is 0.0111. The van der Waals surface area contributed by atoms with E-state index < -0.39 is 182 Å². The van der Waals surface area contributed by atoms with Gasteiger partial charge in [0, 0.05) is 145 Å². The van der Waals surface area contributed by atoms with E-state index in [0.29, 0.717) is 44.1 Å². The van der Waals surface area contributed by atoms with E-state index in [9.17, 15) is 112 Å². The van der Waals surface area contributed by atoms with Gasteiger partial charge in [0.25, 0.3) is 11.8 Å². The van der Waals surface area contributed by atoms with Crippen molar-refractivity contribution in [3.8, 4) is 0 Å². The van der Waals surface area contributed by atoms with Crippen molar-refractivity contribution in [1.82, 2.24) is 75.8 Å². The summed E-state index contributed by atoms with van der Waals surface area (Å²) in [7, 11) is 0. The van der Waals surface area contributed by atoms with Gasteiger partial charge < -0.3 is 87.1 Å². The van der Waals surface area contributed by atoms with E-state index in [0.717, 1.165) is 10.8 Å². The van der Waals surface area contributed by atoms with Gasteiger partial charge in [-0.2, -0.15) is 0 Å². The summed E-state index contributed by atoms with van der Waals surface area (Å²) in [4.78, 5) is 260. The first-order valence-corrected chi connectivity index (χ1v) is 45.0. The summed E-state index contributed by atoms with van der Waals surface area (Å²) in [5.74, 6) is -14.1. The van der Waals surface area contributed by atoms with Crippen molar-refractivity contribution < 1.29 is 126 Å². The highest BCUT2D eigenvalue weighted by molar-refractivity contribution is 6.05. The fraction of sp³-hybridized carbons (Fsp3) is 0.462. The lowest BCUT2D eigenvalue weighted by Gasteiger charge is -2.33. The number of hydrogen-bond donors (Lipinski definition) is 13. The van der Waals surface area contributed by atoms with Crippen LogP contribution in [0.15, 0.2) is 140 Å². The summed E-state index contributed by atoms with van der Waals surface area (Å²) < 4.78 is 11.2. The number of benzene rings is 4. The number of rotatable bonds is 41. The number of pyridine rings is 2. The third-order valence-corrected chi connectivity index (χ3v) is 24.1. The van der Waals surface area contributed by atoms with Gasteiger partial charge in [0.05, 0.1) is 26.2 Å². The molecule has 3 saturated heterocycles. The van der Waals surface area contributed by atoms with Crippen molar-refractivity contribution in [3.63, 3.8) is 0 Å². The lowest BCUT2D eigenvalue weighted by atomic mass is 9.81. The first-order chi connectivity index (χ1) is 65.1. The summed E-state index contributed by atoms with van der Waals surface area (Å²) in [5, 5.41) is 81.9. The van der Waals surface area contributed by atoms with Crippen LogP contribution in [0, 0.1) is 11.8 Å². The zero-order valence-corrected chi connectivity index (χ0v) is 75.4. The molecule has 728 valence electrons. The Bertz CT molecular complexity index is 5210. The number of carboxylic acids is 6. The van der Waals surface area contributed by atoms with E-state index in [4.69, 9.17) is 9.47 Å². The maximum Gasteiger partial charge on any atom is 0.419 e. The molecule has 0 unspecified atom stereocenters. The molecule has 10 rings (SSSR count). The molecule has 13 N–H and O–H groups in total. The standard InChI is InChI=1S/C93H115N17O26/c1-58(98-81(120)66-30-35-94-36-31-66)87(126)107-39-7-12-72(107)85(124)100-69-24-17-61(18-25-69)56-135-92(133)109(91(132)110(75(90(130)131)28-29-77(112)113)93(134)136-57-62-19-26-70(27-20-62)101-86(125)73-13-8-40-108(73)88(127)59(2)99-82(121)67-32-37-95-38-33-67)74(89(128)129)11-5-6-34-96-84(123)71(50-63-16-21-64-9-3-4-10-68(64)49-63)102-83(122)65-22-14-60(15-23-65)51-97-76(111)52-103-41-43-104(53-78(114)115)45-47-106(55-80(118)119)48-46-105(44-42-103)54-79(116)117/h3-4,9-10,16-21,24-27,30-33,35-38,49,58-60,65,71-75H,5-8,11-15,22-23,28-29,34,39-48,50-57H2,1-2H3,(H,96,123)(H,97,111)(H,98,120)(H,99,121)(H,100,124)(H,101,125)(H,102,122)(H,112,113)(H,114,115)(H,116,117)(H,118,119)(H,128,129)(H,130,131)/t58-,59-,60-,65-,71+,72+,73+,74+,75+/m1/s1. The Kier molecular flexibility index (Phi) is 39.0. The number of ether oxygens (including phenoxy) is 2. The minimum Gasteiger partial charge on any atom is -0.481 e. The molecular formula is C93H115N17O26. The second kappa shape index (κ2) is 51.1. The van der Waals surface area contributed by atoms with Crippen molar-refractivity contribution in [3.05, 3.63) is 168 Å². The Labute approximate surface area is 782 Å². The van der Waals surface area contributed by atoms with E-state index in [2.05, 4.69) is 47.2 Å². The van der Waals surface area contributed by atoms with E-state index in [-0.39, 0.29) is 192 Å². The first kappa shape index (κ1) is 104. The largest absolute Gasteiger partial charge is 0.481 e. The van der Waals surface area contributed by atoms with Crippen LogP contribution in [-0.4, -0.2) is 334 Å². The van der Waals surface area contributed by atoms with Gasteiger partial charge in [-0.3, -0.25) is 91.9 Å². The zero-order valence-electron chi connectivity index (χ0n) is 75.4. The lowest BCUT2D eigenvalue weighted by Crippen LogP contribution is -2.59. The second-order valence-corrected chi connectivity index (χ2v) is 33.9. The average molecular weight is 1890 g/mol. The fourth-order valence-electron chi connectivity index (χ4n) is 16.7. The highest BCUT2D eigenvalue weighted by atomic mass is 16.6. The molecule has 1 saturated carbocycles. The predicted molar refractivity (Wildman–Crippen MR) is 485 cm³/mol. The number of nitrogens with one attached hydrogen (secondary N) is 7. The molecule has 4 aromatic carbocycles. The number of fused-ring (bicyclic) bond motifs is 1. The number of carbonyl (C=O) groups is 18. The van der Waals surface area contributed by atoms with E-state index in [1.165, 1.54) is 121 Å². The highest BCUT2D eigenvalue weighted by Gasteiger charge is 2.47. The van der Waals surface area contributed by atoms with E-state index in [1.807, 2.05) is 36.4 Å². The first-order valence-electron chi connectivity index (χ1n) is 45.0. The predicted octanol–water partition coefficient (Wildman–Crippen LogP) is 4.01. The number of aliphatic carboxylic acids is 6. The smallest absolute Gasteiger partial charge is 0.419 e. The zero-order chi connectivity index (χ0) is 98.1. The summed E-state index contributed by atoms with van der Waals surface area (Å²) in [6.07, 6.45) is 2.19. The maximum atomic E-state index is 15.4. The number of hydrogen-bond acceptors (Lipinski definition) is 26. The van der Waals surface area contributed by atoms with Gasteiger partial charge in [-0.25, -0.2) is 33.8 Å². The van der Waals surface area contributed by atoms with Crippen LogP contribution < -0.4 is 37.2 Å². The Hall–Kier alpha value is -14.5. The summed E-state index contributed by atoms with van der Waals surface area (Å²) in [5.41, 5.74) is 1.86. The van der Waals surface area contributed by atoms with Crippen LogP contribution in [0.25, 0.3) is 10.8 Å². The van der Waals surface area contributed by atoms with Crippen LogP contribution in [0.2, 0.25) is 0 Å². The second-order valence-electron chi connectivity index (χ2n) is 33.9. The fourth-order valence-corrected chi connectivity index (χ4v) is 16.7. The van der Waals surface area contributed by atoms with Crippen molar-refractivity contribution >= 4 is 129 Å².